The number of hydrogen-bond acceptors (Lipinski definition) is 1. The van der Waals surface area contributed by atoms with E-state index < -0.39 is 23.0 Å². The molecule has 1 nitrogen and oxygen atoms in total. The molecule has 8 heteroatoms. The van der Waals surface area contributed by atoms with Gasteiger partial charge in [0.25, 0.3) is 0 Å². The number of rotatable bonds is 3. The van der Waals surface area contributed by atoms with Crippen LogP contribution in [0.4, 0.5) is 19.4 Å². The van der Waals surface area contributed by atoms with Gasteiger partial charge in [0.1, 0.15) is 0 Å². The average molecular weight is 207 g/mol. The smallest absolute Gasteiger partial charge is 0.238 e. The summed E-state index contributed by atoms with van der Waals surface area (Å²) < 4.78 is 58.0. The molecule has 0 amide bonds. The van der Waals surface area contributed by atoms with Crippen LogP contribution < -0.4 is 0 Å². The Kier molecular flexibility index (Phi) is 1.94. The van der Waals surface area contributed by atoms with E-state index in [0.29, 0.717) is 0 Å². The van der Waals surface area contributed by atoms with Gasteiger partial charge in [-0.3, -0.25) is 0 Å². The van der Waals surface area contributed by atoms with Crippen LogP contribution in [0.15, 0.2) is 0 Å². The molecular weight excluding hydrogens is 203 g/mol. The highest BCUT2D eigenvalue weighted by molar-refractivity contribution is 8.42. The minimum atomic E-state index is -9.64. The summed E-state index contributed by atoms with van der Waals surface area (Å²) in [5, 5.41) is 0. The van der Waals surface area contributed by atoms with Crippen molar-refractivity contribution >= 4 is 22.1 Å². The third kappa shape index (κ3) is 8.25. The topological polar surface area (TPSA) is 9.23 Å². The molecule has 0 saturated carbocycles. The summed E-state index contributed by atoms with van der Waals surface area (Å²) in [5.41, 5.74) is 0. The Hall–Kier alpha value is 0.250. The first-order valence-corrected chi connectivity index (χ1v) is 4.41. The van der Waals surface area contributed by atoms with Crippen LogP contribution in [-0.4, -0.2) is 12.5 Å². The van der Waals surface area contributed by atoms with Gasteiger partial charge in [-0.15, -0.1) is 11.6 Å². The second-order valence-electron chi connectivity index (χ2n) is 1.41. The molecule has 0 aliphatic heterocycles. The normalized spacial score (nSPS) is 19.8. The van der Waals surface area contributed by atoms with Crippen molar-refractivity contribution in [3.63, 3.8) is 0 Å². The molecule has 0 rings (SSSR count). The zero-order valence-electron chi connectivity index (χ0n) is 4.50. The highest BCUT2D eigenvalue weighted by Gasteiger charge is 2.65. The lowest BCUT2D eigenvalue weighted by molar-refractivity contribution is 0.164. The Bertz CT molecular complexity index is 125. The Morgan fingerprint density at radius 1 is 1.10 bits per heavy atom. The summed E-state index contributed by atoms with van der Waals surface area (Å²) in [6.07, 6.45) is 0. The van der Waals surface area contributed by atoms with E-state index in [0.717, 1.165) is 0 Å². The molecule has 0 fully saturated rings. The van der Waals surface area contributed by atoms with Crippen molar-refractivity contribution in [1.29, 1.82) is 0 Å². The maximum Gasteiger partial charge on any atom is 0.397 e. The van der Waals surface area contributed by atoms with Crippen LogP contribution in [0.5, 0.6) is 0 Å². The van der Waals surface area contributed by atoms with Crippen molar-refractivity contribution in [2.24, 2.45) is 0 Å². The third-order valence-electron chi connectivity index (χ3n) is 0.383. The second-order valence-corrected chi connectivity index (χ2v) is 3.82. The lowest BCUT2D eigenvalue weighted by Gasteiger charge is -2.38. The maximum absolute atomic E-state index is 11.1. The molecule has 0 radical (unpaired) electrons. The summed E-state index contributed by atoms with van der Waals surface area (Å²) in [6, 6.07) is 0. The van der Waals surface area contributed by atoms with E-state index in [1.807, 2.05) is 0 Å². The zero-order chi connectivity index (χ0) is 8.53. The molecule has 10 heavy (non-hydrogen) atoms. The first kappa shape index (κ1) is 10.2. The first-order valence-electron chi connectivity index (χ1n) is 1.99. The van der Waals surface area contributed by atoms with Gasteiger partial charge in [-0.05, 0) is 0 Å². The van der Waals surface area contributed by atoms with Crippen molar-refractivity contribution in [2.45, 2.75) is 0 Å². The largest absolute Gasteiger partial charge is 0.397 e. The fourth-order valence-corrected chi connectivity index (χ4v) is 0.756. The van der Waals surface area contributed by atoms with E-state index in [9.17, 15) is 19.4 Å². The van der Waals surface area contributed by atoms with Gasteiger partial charge in [0.2, 0.25) is 0 Å². The maximum atomic E-state index is 11.1. The van der Waals surface area contributed by atoms with Crippen molar-refractivity contribution in [3.05, 3.63) is 0 Å². The fourth-order valence-electron chi connectivity index (χ4n) is 0.189. The molecule has 0 aromatic carbocycles. The summed E-state index contributed by atoms with van der Waals surface area (Å²) in [5.74, 6) is -0.619. The molecule has 66 valence electrons. The highest BCUT2D eigenvalue weighted by Crippen LogP contribution is 2.98. The predicted molar refractivity (Wildman–Crippen MR) is 29.8 cm³/mol. The number of alkyl halides is 1. The minimum Gasteiger partial charge on any atom is -0.238 e. The molecule has 0 saturated heterocycles. The Labute approximate surface area is 59.0 Å². The van der Waals surface area contributed by atoms with Crippen LogP contribution in [0.25, 0.3) is 0 Å². The molecule has 0 atom stereocenters. The molecule has 0 aliphatic rings. The SMILES string of the molecule is FS(F)(F)(F)(F)OCCCl. The van der Waals surface area contributed by atoms with E-state index in [1.165, 1.54) is 0 Å². The summed E-state index contributed by atoms with van der Waals surface area (Å²) in [4.78, 5) is 0. The molecule has 0 aromatic heterocycles. The third-order valence-corrected chi connectivity index (χ3v) is 1.15. The van der Waals surface area contributed by atoms with Gasteiger partial charge < -0.3 is 0 Å². The van der Waals surface area contributed by atoms with E-state index >= 15 is 0 Å². The van der Waals surface area contributed by atoms with Gasteiger partial charge in [0, 0.05) is 5.88 Å². The van der Waals surface area contributed by atoms with Crippen LogP contribution in [0.2, 0.25) is 0 Å². The molecule has 0 spiro atoms. The summed E-state index contributed by atoms with van der Waals surface area (Å²) in [7, 11) is -9.64. The highest BCUT2D eigenvalue weighted by atomic mass is 35.5. The molecule has 0 unspecified atom stereocenters. The molecule has 0 N–H and O–H groups in total. The van der Waals surface area contributed by atoms with E-state index in [-0.39, 0.29) is 0 Å². The Balaban J connectivity index is 4.13. The van der Waals surface area contributed by atoms with Crippen LogP contribution in [0, 0.1) is 0 Å². The van der Waals surface area contributed by atoms with Crippen LogP contribution >= 0.6 is 22.1 Å². The molecule has 0 bridgehead atoms. The van der Waals surface area contributed by atoms with Gasteiger partial charge in [0.15, 0.2) is 0 Å². The Morgan fingerprint density at radius 2 is 1.50 bits per heavy atom. The molecular formula is C2H4ClF5OS. The quantitative estimate of drug-likeness (QED) is 0.508. The van der Waals surface area contributed by atoms with Gasteiger partial charge in [0.05, 0.1) is 6.61 Å². The predicted octanol–water partition coefficient (Wildman–Crippen LogP) is 3.46. The fraction of sp³-hybridized carbons (Fsp3) is 1.00. The lowest BCUT2D eigenvalue weighted by Crippen LogP contribution is -2.11. The van der Waals surface area contributed by atoms with Gasteiger partial charge in [-0.1, -0.05) is 19.4 Å². The molecule has 0 aliphatic carbocycles. The average Bonchev–Trinajstić information content (AvgIpc) is 1.55. The summed E-state index contributed by atoms with van der Waals surface area (Å²) >= 11 is 4.69. The van der Waals surface area contributed by atoms with Crippen molar-refractivity contribution in [2.75, 3.05) is 12.5 Å². The van der Waals surface area contributed by atoms with Crippen LogP contribution in [0.3, 0.4) is 0 Å². The minimum absolute atomic E-state index is 0.619. The van der Waals surface area contributed by atoms with Crippen LogP contribution in [0.1, 0.15) is 0 Å². The van der Waals surface area contributed by atoms with E-state index in [1.54, 1.807) is 0 Å². The lowest BCUT2D eigenvalue weighted by atomic mass is 10.9. The molecule has 0 aromatic rings. The van der Waals surface area contributed by atoms with Crippen LogP contribution in [-0.2, 0) is 4.18 Å². The van der Waals surface area contributed by atoms with Crippen molar-refractivity contribution < 1.29 is 23.6 Å². The Morgan fingerprint density at radius 3 is 1.60 bits per heavy atom. The molecule has 0 heterocycles. The van der Waals surface area contributed by atoms with Gasteiger partial charge in [-0.2, -0.15) is 0 Å². The number of halogens is 6. The second kappa shape index (κ2) is 1.89. The van der Waals surface area contributed by atoms with E-state index in [4.69, 9.17) is 11.6 Å². The van der Waals surface area contributed by atoms with E-state index in [2.05, 4.69) is 4.18 Å². The van der Waals surface area contributed by atoms with Crippen molar-refractivity contribution in [3.8, 4) is 0 Å². The van der Waals surface area contributed by atoms with Gasteiger partial charge in [-0.25, -0.2) is 4.18 Å². The standard InChI is InChI=1S/C2H4ClF5OS/c3-1-2-9-10(4,5,6,7)8/h1-2H2. The van der Waals surface area contributed by atoms with Crippen molar-refractivity contribution in [1.82, 2.24) is 0 Å². The monoisotopic (exact) mass is 206 g/mol. The first-order chi connectivity index (χ1) is 4.04. The number of hydrogen-bond donors (Lipinski definition) is 0. The summed E-state index contributed by atoms with van der Waals surface area (Å²) in [6.45, 7) is -1.22. The van der Waals surface area contributed by atoms with Gasteiger partial charge >= 0.3 is 10.5 Å². The zero-order valence-corrected chi connectivity index (χ0v) is 6.07.